The van der Waals surface area contributed by atoms with Gasteiger partial charge in [0.1, 0.15) is 5.60 Å². The number of nitrogens with two attached hydrogens (primary N) is 1. The van der Waals surface area contributed by atoms with E-state index in [1.807, 2.05) is 20.8 Å². The van der Waals surface area contributed by atoms with Gasteiger partial charge in [0.25, 0.3) is 0 Å². The van der Waals surface area contributed by atoms with Crippen LogP contribution >= 0.6 is 0 Å². The highest BCUT2D eigenvalue weighted by atomic mass is 16.6. The minimum atomic E-state index is -0.432. The zero-order chi connectivity index (χ0) is 19.2. The summed E-state index contributed by atoms with van der Waals surface area (Å²) in [6.45, 7) is 15.0. The molecule has 0 aromatic carbocycles. The molecule has 1 amide bonds. The van der Waals surface area contributed by atoms with Crippen LogP contribution in [0.2, 0.25) is 0 Å². The molecule has 2 aliphatic heterocycles. The topological polar surface area (TPSA) is 74.4 Å². The number of likely N-dealkylation sites (tertiary alicyclic amines) is 1. The Hall–Kier alpha value is -1.50. The highest BCUT2D eigenvalue weighted by Gasteiger charge is 2.25. The lowest BCUT2D eigenvalue weighted by Gasteiger charge is -2.35. The maximum absolute atomic E-state index is 12.1. The molecule has 0 radical (unpaired) electrons. The summed E-state index contributed by atoms with van der Waals surface area (Å²) in [6.07, 6.45) is 3.29. The summed E-state index contributed by atoms with van der Waals surface area (Å²) in [4.78, 5) is 23.0. The number of amides is 1. The maximum Gasteiger partial charge on any atom is 0.410 e. The molecule has 0 aromatic heterocycles. The van der Waals surface area contributed by atoms with Crippen molar-refractivity contribution in [2.75, 3.05) is 52.4 Å². The lowest BCUT2D eigenvalue weighted by molar-refractivity contribution is 0.0145. The molecule has 2 rings (SSSR count). The van der Waals surface area contributed by atoms with Gasteiger partial charge in [0, 0.05) is 52.4 Å². The monoisotopic (exact) mass is 367 g/mol. The number of piperidine rings is 1. The Morgan fingerprint density at radius 3 is 2.46 bits per heavy atom. The fourth-order valence-electron chi connectivity index (χ4n) is 3.47. The molecule has 2 fully saturated rings. The number of hydrogen-bond acceptors (Lipinski definition) is 4. The Morgan fingerprint density at radius 1 is 1.15 bits per heavy atom. The van der Waals surface area contributed by atoms with Gasteiger partial charge < -0.3 is 20.3 Å². The summed E-state index contributed by atoms with van der Waals surface area (Å²) in [5, 5.41) is 0. The van der Waals surface area contributed by atoms with Crippen LogP contribution in [0.5, 0.6) is 0 Å². The number of nitrogens with zero attached hydrogens (tertiary/aromatic N) is 4. The third kappa shape index (κ3) is 7.02. The number of carbonyl (C=O) groups excluding carboxylic acids is 1. The predicted molar refractivity (Wildman–Crippen MR) is 105 cm³/mol. The van der Waals surface area contributed by atoms with E-state index in [0.717, 1.165) is 58.8 Å². The zero-order valence-electron chi connectivity index (χ0n) is 17.0. The van der Waals surface area contributed by atoms with Crippen LogP contribution in [0.25, 0.3) is 0 Å². The summed E-state index contributed by atoms with van der Waals surface area (Å²) < 4.78 is 5.43. The number of hydrogen-bond donors (Lipinski definition) is 1. The molecule has 7 heteroatoms. The van der Waals surface area contributed by atoms with Crippen LogP contribution < -0.4 is 5.73 Å². The van der Waals surface area contributed by atoms with E-state index in [2.05, 4.69) is 21.7 Å². The third-order valence-electron chi connectivity index (χ3n) is 4.91. The average Bonchev–Trinajstić information content (AvgIpc) is 2.57. The van der Waals surface area contributed by atoms with Gasteiger partial charge >= 0.3 is 6.09 Å². The molecule has 0 aliphatic carbocycles. The van der Waals surface area contributed by atoms with Crippen LogP contribution in [0.15, 0.2) is 4.99 Å². The largest absolute Gasteiger partial charge is 0.444 e. The molecular weight excluding hydrogens is 330 g/mol. The summed E-state index contributed by atoms with van der Waals surface area (Å²) >= 11 is 0. The van der Waals surface area contributed by atoms with Gasteiger partial charge in [-0.2, -0.15) is 0 Å². The van der Waals surface area contributed by atoms with Crippen LogP contribution in [-0.2, 0) is 4.74 Å². The van der Waals surface area contributed by atoms with E-state index in [9.17, 15) is 4.79 Å². The molecule has 0 saturated carbocycles. The molecule has 1 unspecified atom stereocenters. The van der Waals surface area contributed by atoms with Gasteiger partial charge in [0.05, 0.1) is 0 Å². The first-order chi connectivity index (χ1) is 12.2. The molecule has 2 N–H and O–H groups in total. The van der Waals surface area contributed by atoms with Crippen molar-refractivity contribution in [1.29, 1.82) is 0 Å². The first-order valence-corrected chi connectivity index (χ1v) is 10.00. The second kappa shape index (κ2) is 9.44. The third-order valence-corrected chi connectivity index (χ3v) is 4.91. The second-order valence-corrected chi connectivity index (χ2v) is 8.60. The molecule has 0 spiro atoms. The molecule has 26 heavy (non-hydrogen) atoms. The quantitative estimate of drug-likeness (QED) is 0.467. The van der Waals surface area contributed by atoms with Crippen molar-refractivity contribution >= 4 is 12.1 Å². The highest BCUT2D eigenvalue weighted by Crippen LogP contribution is 2.15. The molecule has 1 atom stereocenters. The minimum absolute atomic E-state index is 0.203. The van der Waals surface area contributed by atoms with Crippen LogP contribution in [0.3, 0.4) is 0 Å². The Labute approximate surface area is 158 Å². The molecular formula is C19H37N5O2. The Kier molecular flexibility index (Phi) is 7.55. The van der Waals surface area contributed by atoms with E-state index in [1.165, 1.54) is 12.8 Å². The normalized spacial score (nSPS) is 23.2. The SMILES string of the molecule is CC1CCCN(C(N)=NCCCN2CCN(C(=O)OC(C)(C)C)CC2)C1. The fraction of sp³-hybridized carbons (Fsp3) is 0.895. The van der Waals surface area contributed by atoms with Crippen molar-refractivity contribution in [3.05, 3.63) is 0 Å². The van der Waals surface area contributed by atoms with Gasteiger partial charge in [-0.1, -0.05) is 6.92 Å². The minimum Gasteiger partial charge on any atom is -0.444 e. The summed E-state index contributed by atoms with van der Waals surface area (Å²) in [5.74, 6) is 1.41. The van der Waals surface area contributed by atoms with E-state index in [1.54, 1.807) is 4.90 Å². The maximum atomic E-state index is 12.1. The van der Waals surface area contributed by atoms with Crippen molar-refractivity contribution in [3.63, 3.8) is 0 Å². The van der Waals surface area contributed by atoms with Gasteiger partial charge in [0.15, 0.2) is 5.96 Å². The van der Waals surface area contributed by atoms with Crippen molar-refractivity contribution in [2.45, 2.75) is 52.6 Å². The van der Waals surface area contributed by atoms with Crippen molar-refractivity contribution < 1.29 is 9.53 Å². The Morgan fingerprint density at radius 2 is 1.85 bits per heavy atom. The summed E-state index contributed by atoms with van der Waals surface area (Å²) in [5.41, 5.74) is 5.70. The second-order valence-electron chi connectivity index (χ2n) is 8.60. The van der Waals surface area contributed by atoms with E-state index in [-0.39, 0.29) is 6.09 Å². The number of aliphatic imine (C=N–C) groups is 1. The van der Waals surface area contributed by atoms with Gasteiger partial charge in [-0.25, -0.2) is 4.79 Å². The Balaban J connectivity index is 1.63. The smallest absolute Gasteiger partial charge is 0.410 e. The van der Waals surface area contributed by atoms with E-state index in [4.69, 9.17) is 10.5 Å². The van der Waals surface area contributed by atoms with Crippen LogP contribution in [0, 0.1) is 5.92 Å². The van der Waals surface area contributed by atoms with Gasteiger partial charge in [-0.15, -0.1) is 0 Å². The standard InChI is InChI=1S/C19H37N5O2/c1-16-7-5-10-24(15-16)17(20)21-8-6-9-22-11-13-23(14-12-22)18(25)26-19(2,3)4/h16H,5-15H2,1-4H3,(H2,20,21). The van der Waals surface area contributed by atoms with E-state index < -0.39 is 5.60 Å². The van der Waals surface area contributed by atoms with Crippen molar-refractivity contribution in [3.8, 4) is 0 Å². The highest BCUT2D eigenvalue weighted by molar-refractivity contribution is 5.78. The fourth-order valence-corrected chi connectivity index (χ4v) is 3.47. The van der Waals surface area contributed by atoms with Crippen LogP contribution in [-0.4, -0.2) is 84.7 Å². The number of rotatable bonds is 4. The number of guanidine groups is 1. The molecule has 2 saturated heterocycles. The van der Waals surface area contributed by atoms with Gasteiger partial charge in [-0.05, 0) is 46.0 Å². The molecule has 2 heterocycles. The van der Waals surface area contributed by atoms with Crippen molar-refractivity contribution in [2.24, 2.45) is 16.6 Å². The van der Waals surface area contributed by atoms with Crippen molar-refractivity contribution in [1.82, 2.24) is 14.7 Å². The molecule has 2 aliphatic rings. The summed E-state index contributed by atoms with van der Waals surface area (Å²) in [7, 11) is 0. The molecule has 0 bridgehead atoms. The first-order valence-electron chi connectivity index (χ1n) is 10.00. The lowest BCUT2D eigenvalue weighted by atomic mass is 10.0. The summed E-state index contributed by atoms with van der Waals surface area (Å²) in [6, 6.07) is 0. The van der Waals surface area contributed by atoms with Gasteiger partial charge in [-0.3, -0.25) is 9.89 Å². The number of ether oxygens (including phenoxy) is 1. The molecule has 7 nitrogen and oxygen atoms in total. The zero-order valence-corrected chi connectivity index (χ0v) is 17.0. The first kappa shape index (κ1) is 20.8. The molecule has 0 aromatic rings. The number of carbonyl (C=O) groups is 1. The number of piperazine rings is 1. The lowest BCUT2D eigenvalue weighted by Crippen LogP contribution is -2.50. The predicted octanol–water partition coefficient (Wildman–Crippen LogP) is 1.98. The van der Waals surface area contributed by atoms with Crippen LogP contribution in [0.1, 0.15) is 47.0 Å². The van der Waals surface area contributed by atoms with Gasteiger partial charge in [0.2, 0.25) is 0 Å². The Bertz CT molecular complexity index is 481. The van der Waals surface area contributed by atoms with Crippen LogP contribution in [0.4, 0.5) is 4.79 Å². The van der Waals surface area contributed by atoms with E-state index >= 15 is 0 Å². The average molecular weight is 368 g/mol. The molecule has 150 valence electrons. The van der Waals surface area contributed by atoms with E-state index in [0.29, 0.717) is 11.9 Å².